The lowest BCUT2D eigenvalue weighted by Crippen LogP contribution is -2.53. The van der Waals surface area contributed by atoms with Crippen LogP contribution in [0, 0.1) is 47.3 Å². The largest absolute Gasteiger partial charge is 0.342 e. The van der Waals surface area contributed by atoms with Gasteiger partial charge in [-0.05, 0) is 168 Å². The van der Waals surface area contributed by atoms with Crippen LogP contribution in [0.2, 0.25) is 0 Å². The lowest BCUT2D eigenvalue weighted by atomic mass is 9.64. The number of fused-ring (bicyclic) bond motifs is 9. The quantitative estimate of drug-likeness (QED) is 0.289. The van der Waals surface area contributed by atoms with Crippen LogP contribution in [0.15, 0.2) is 77.0 Å². The molecule has 272 valence electrons. The standard InChI is InChI=1S/C48H64N2S/c1-2-11-31(12-3-1)32-21-25-35(26-22-32)49-42-17-7-4-13-36(42)40-29-33(23-27-44(40)49)34-24-28-45-41(30-34)37-14-5-8-18-43(37)50(45)46-19-10-16-39-38-15-6-9-20-47(38)51-48(39)46/h2,6-7,9,11,15,17,20,25,27,31-34,36-37,39-43,45-46,48H,1,3-5,8,10,12-14,16,18-19,21-24,26,28-30H2. The van der Waals surface area contributed by atoms with E-state index >= 15 is 0 Å². The monoisotopic (exact) mass is 700 g/mol. The Morgan fingerprint density at radius 1 is 0.608 bits per heavy atom. The van der Waals surface area contributed by atoms with Crippen molar-refractivity contribution >= 4 is 11.8 Å². The zero-order chi connectivity index (χ0) is 33.5. The van der Waals surface area contributed by atoms with Crippen LogP contribution < -0.4 is 0 Å². The van der Waals surface area contributed by atoms with Crippen LogP contribution in [0.4, 0.5) is 0 Å². The molecule has 0 amide bonds. The fraction of sp³-hybridized carbons (Fsp3) is 0.708. The first-order chi connectivity index (χ1) is 25.3. The van der Waals surface area contributed by atoms with Crippen LogP contribution in [0.3, 0.4) is 0 Å². The van der Waals surface area contributed by atoms with E-state index in [1.54, 1.807) is 28.3 Å². The highest BCUT2D eigenvalue weighted by Crippen LogP contribution is 2.60. The third kappa shape index (κ3) is 5.49. The Bertz CT molecular complexity index is 1590. The molecule has 5 fully saturated rings. The van der Waals surface area contributed by atoms with Gasteiger partial charge in [-0.25, -0.2) is 0 Å². The molecule has 14 unspecified atom stereocenters. The molecule has 0 bridgehead atoms. The summed E-state index contributed by atoms with van der Waals surface area (Å²) in [5.41, 5.74) is 5.16. The van der Waals surface area contributed by atoms with Gasteiger partial charge in [0.2, 0.25) is 0 Å². The zero-order valence-corrected chi connectivity index (χ0v) is 32.1. The van der Waals surface area contributed by atoms with Crippen molar-refractivity contribution in [2.75, 3.05) is 0 Å². The molecule has 3 aliphatic heterocycles. The number of benzene rings is 1. The smallest absolute Gasteiger partial charge is 0.0550 e. The molecule has 0 aromatic heterocycles. The number of hydrogen-bond donors (Lipinski definition) is 0. The topological polar surface area (TPSA) is 6.48 Å². The van der Waals surface area contributed by atoms with E-state index in [1.165, 1.54) is 122 Å². The predicted octanol–water partition coefficient (Wildman–Crippen LogP) is 12.1. The first kappa shape index (κ1) is 32.7. The van der Waals surface area contributed by atoms with E-state index in [9.17, 15) is 0 Å². The van der Waals surface area contributed by atoms with Crippen LogP contribution in [-0.4, -0.2) is 39.2 Å². The van der Waals surface area contributed by atoms with Gasteiger partial charge in [-0.15, -0.1) is 11.8 Å². The number of hydrogen-bond acceptors (Lipinski definition) is 3. The summed E-state index contributed by atoms with van der Waals surface area (Å²) in [6.45, 7) is 0. The molecule has 1 aromatic rings. The van der Waals surface area contributed by atoms with Crippen molar-refractivity contribution in [3.63, 3.8) is 0 Å². The summed E-state index contributed by atoms with van der Waals surface area (Å²) in [7, 11) is 0. The van der Waals surface area contributed by atoms with E-state index in [0.29, 0.717) is 6.04 Å². The van der Waals surface area contributed by atoms with Gasteiger partial charge in [0.1, 0.15) is 0 Å². The second-order valence-corrected chi connectivity index (χ2v) is 20.5. The van der Waals surface area contributed by atoms with Gasteiger partial charge in [0, 0.05) is 45.6 Å². The Labute approximate surface area is 314 Å². The van der Waals surface area contributed by atoms with Gasteiger partial charge in [-0.3, -0.25) is 4.90 Å². The van der Waals surface area contributed by atoms with Crippen LogP contribution >= 0.6 is 11.8 Å². The number of allylic oxidation sites excluding steroid dienone is 7. The minimum atomic E-state index is 0.632. The van der Waals surface area contributed by atoms with Gasteiger partial charge < -0.3 is 4.90 Å². The van der Waals surface area contributed by atoms with Crippen molar-refractivity contribution in [3.8, 4) is 0 Å². The Morgan fingerprint density at radius 3 is 2.41 bits per heavy atom. The first-order valence-electron chi connectivity index (χ1n) is 22.3. The van der Waals surface area contributed by atoms with E-state index in [4.69, 9.17) is 0 Å². The summed E-state index contributed by atoms with van der Waals surface area (Å²) in [6.07, 6.45) is 44.4. The molecule has 1 aromatic carbocycles. The van der Waals surface area contributed by atoms with Gasteiger partial charge in [0.05, 0.1) is 6.04 Å². The molecule has 10 aliphatic rings. The molecular weight excluding hydrogens is 637 g/mol. The van der Waals surface area contributed by atoms with E-state index in [1.807, 2.05) is 0 Å². The van der Waals surface area contributed by atoms with E-state index in [0.717, 1.165) is 76.6 Å². The summed E-state index contributed by atoms with van der Waals surface area (Å²) in [5, 5.41) is 0.800. The highest BCUT2D eigenvalue weighted by atomic mass is 32.2. The SMILES string of the molecule is C1=CC(C2CC=C(N3C4=CCC(C5CCC6C(C5)C5CCCCC5N6C5CCCC6c7ccccc7SC65)CC4C4CCC=CC43)CC2)CCC1. The Balaban J connectivity index is 0.817. The molecule has 0 N–H and O–H groups in total. The fourth-order valence-corrected chi connectivity index (χ4v) is 16.7. The second-order valence-electron chi connectivity index (χ2n) is 19.2. The third-order valence-corrected chi connectivity index (χ3v) is 18.7. The van der Waals surface area contributed by atoms with Gasteiger partial charge >= 0.3 is 0 Å². The molecule has 14 atom stereocenters. The highest BCUT2D eigenvalue weighted by molar-refractivity contribution is 8.00. The lowest BCUT2D eigenvalue weighted by Gasteiger charge is -2.47. The van der Waals surface area contributed by atoms with Crippen LogP contribution in [0.25, 0.3) is 0 Å². The number of likely N-dealkylation sites (tertiary alicyclic amines) is 2. The number of thioether (sulfide) groups is 1. The maximum atomic E-state index is 3.29. The number of rotatable bonds is 4. The van der Waals surface area contributed by atoms with Crippen molar-refractivity contribution < 1.29 is 0 Å². The normalized spacial score (nSPS) is 45.9. The van der Waals surface area contributed by atoms with E-state index < -0.39 is 0 Å². The van der Waals surface area contributed by atoms with Crippen molar-refractivity contribution in [2.24, 2.45) is 47.3 Å². The second kappa shape index (κ2) is 13.5. The Morgan fingerprint density at radius 2 is 1.49 bits per heavy atom. The maximum Gasteiger partial charge on any atom is 0.0550 e. The van der Waals surface area contributed by atoms with Crippen LogP contribution in [-0.2, 0) is 0 Å². The fourth-order valence-electron chi connectivity index (χ4n) is 15.0. The van der Waals surface area contributed by atoms with Crippen molar-refractivity contribution in [3.05, 3.63) is 77.7 Å². The van der Waals surface area contributed by atoms with Crippen LogP contribution in [0.1, 0.15) is 140 Å². The first-order valence-corrected chi connectivity index (χ1v) is 23.2. The Hall–Kier alpha value is -1.71. The summed E-state index contributed by atoms with van der Waals surface area (Å²) in [4.78, 5) is 7.84. The Kier molecular flexibility index (Phi) is 8.68. The molecule has 2 saturated heterocycles. The van der Waals surface area contributed by atoms with Crippen LogP contribution in [0.5, 0.6) is 0 Å². The average molecular weight is 701 g/mol. The third-order valence-electron chi connectivity index (χ3n) is 17.2. The molecule has 0 radical (unpaired) electrons. The van der Waals surface area contributed by atoms with Gasteiger partial charge in [-0.1, -0.05) is 73.9 Å². The molecule has 11 rings (SSSR count). The molecule has 2 nitrogen and oxygen atoms in total. The highest BCUT2D eigenvalue weighted by Gasteiger charge is 2.57. The molecular formula is C48H64N2S. The summed E-state index contributed by atoms with van der Waals surface area (Å²) in [5.74, 6) is 8.00. The van der Waals surface area contributed by atoms with E-state index in [2.05, 4.69) is 82.3 Å². The van der Waals surface area contributed by atoms with Gasteiger partial charge in [-0.2, -0.15) is 0 Å². The summed E-state index contributed by atoms with van der Waals surface area (Å²) >= 11 is 2.29. The average Bonchev–Trinajstić information content (AvgIpc) is 3.86. The lowest BCUT2D eigenvalue weighted by molar-refractivity contribution is 0.0506. The predicted molar refractivity (Wildman–Crippen MR) is 212 cm³/mol. The zero-order valence-electron chi connectivity index (χ0n) is 31.3. The molecule has 51 heavy (non-hydrogen) atoms. The minimum Gasteiger partial charge on any atom is -0.342 e. The van der Waals surface area contributed by atoms with E-state index in [-0.39, 0.29) is 0 Å². The van der Waals surface area contributed by atoms with Crippen molar-refractivity contribution in [1.29, 1.82) is 0 Å². The van der Waals surface area contributed by atoms with Gasteiger partial charge in [0.15, 0.2) is 0 Å². The molecule has 3 saturated carbocycles. The maximum absolute atomic E-state index is 3.29. The minimum absolute atomic E-state index is 0.632. The molecule has 0 spiro atoms. The molecule has 3 heteroatoms. The van der Waals surface area contributed by atoms with Crippen molar-refractivity contribution in [1.82, 2.24) is 9.80 Å². The summed E-state index contributed by atoms with van der Waals surface area (Å²) < 4.78 is 0. The number of nitrogens with zero attached hydrogens (tertiary/aromatic N) is 2. The molecule has 3 heterocycles. The molecule has 7 aliphatic carbocycles. The van der Waals surface area contributed by atoms with Crippen molar-refractivity contribution in [2.45, 2.75) is 169 Å². The summed E-state index contributed by atoms with van der Waals surface area (Å²) in [6, 6.07) is 12.7. The van der Waals surface area contributed by atoms with Gasteiger partial charge in [0.25, 0.3) is 0 Å².